The van der Waals surface area contributed by atoms with Crippen molar-refractivity contribution in [1.82, 2.24) is 0 Å². The maximum atomic E-state index is 9.98. The van der Waals surface area contributed by atoms with Crippen LogP contribution in [0.1, 0.15) is 29.9 Å². The second-order valence-electron chi connectivity index (χ2n) is 7.05. The van der Waals surface area contributed by atoms with Crippen LogP contribution in [0.15, 0.2) is 70.7 Å². The van der Waals surface area contributed by atoms with E-state index in [-0.39, 0.29) is 12.7 Å². The smallest absolute Gasteiger partial charge is 0.458 e. The number of allylic oxidation sites excluding steroid dienone is 2. The molecule has 0 radical (unpaired) electrons. The summed E-state index contributed by atoms with van der Waals surface area (Å²) in [6.45, 7) is 4.40. The van der Waals surface area contributed by atoms with Gasteiger partial charge in [-0.3, -0.25) is 0 Å². The van der Waals surface area contributed by atoms with E-state index < -0.39 is 7.12 Å². The number of methoxy groups -OCH3 is 1. The number of furan rings is 1. The van der Waals surface area contributed by atoms with Crippen LogP contribution in [-0.2, 0) is 16.0 Å². The molecule has 1 aliphatic rings. The molecule has 6 heteroatoms. The van der Waals surface area contributed by atoms with E-state index in [1.807, 2.05) is 36.4 Å². The lowest BCUT2D eigenvalue weighted by molar-refractivity contribution is 0.177. The Balaban J connectivity index is 1.81. The molecule has 0 saturated heterocycles. The van der Waals surface area contributed by atoms with Crippen LogP contribution in [-0.4, -0.2) is 37.1 Å². The van der Waals surface area contributed by atoms with E-state index >= 15 is 0 Å². The van der Waals surface area contributed by atoms with Gasteiger partial charge < -0.3 is 23.9 Å². The third-order valence-electron chi connectivity index (χ3n) is 4.91. The Kier molecular flexibility index (Phi) is 7.66. The Hall–Kier alpha value is -2.38. The predicted molar refractivity (Wildman–Crippen MR) is 115 cm³/mol. The molecule has 3 rings (SSSR count). The fourth-order valence-electron chi connectivity index (χ4n) is 3.50. The largest absolute Gasteiger partial charge is 0.459 e. The van der Waals surface area contributed by atoms with E-state index in [9.17, 15) is 10.1 Å². The molecule has 29 heavy (non-hydrogen) atoms. The van der Waals surface area contributed by atoms with E-state index in [0.717, 1.165) is 22.3 Å². The van der Waals surface area contributed by atoms with Crippen molar-refractivity contribution in [2.24, 2.45) is 0 Å². The summed E-state index contributed by atoms with van der Waals surface area (Å²) < 4.78 is 16.7. The molecule has 5 nitrogen and oxygen atoms in total. The summed E-state index contributed by atoms with van der Waals surface area (Å²) >= 11 is 0. The van der Waals surface area contributed by atoms with Gasteiger partial charge in [-0.15, -0.1) is 0 Å². The molecule has 0 bridgehead atoms. The Morgan fingerprint density at radius 3 is 2.76 bits per heavy atom. The summed E-state index contributed by atoms with van der Waals surface area (Å²) in [6, 6.07) is 13.7. The molecule has 0 saturated carbocycles. The highest BCUT2D eigenvalue weighted by atomic mass is 16.5. The summed E-state index contributed by atoms with van der Waals surface area (Å²) in [5.74, 6) is 1.22. The van der Waals surface area contributed by atoms with Gasteiger partial charge in [-0.25, -0.2) is 0 Å². The van der Waals surface area contributed by atoms with Crippen LogP contribution in [0.2, 0.25) is 6.32 Å². The molecular weight excluding hydrogens is 367 g/mol. The van der Waals surface area contributed by atoms with Crippen molar-refractivity contribution >= 4 is 18.8 Å². The SMILES string of the molecule is C=C(COC)C1=CCB(O)OC1CC/C(=C/c1ccc(CO)o1)c1ccccc1. The highest BCUT2D eigenvalue weighted by molar-refractivity contribution is 6.43. The zero-order valence-corrected chi connectivity index (χ0v) is 16.7. The van der Waals surface area contributed by atoms with E-state index in [2.05, 4.69) is 18.7 Å². The fourth-order valence-corrected chi connectivity index (χ4v) is 3.50. The molecule has 2 aromatic rings. The molecule has 0 aliphatic carbocycles. The van der Waals surface area contributed by atoms with Crippen molar-refractivity contribution in [2.45, 2.75) is 31.9 Å². The van der Waals surface area contributed by atoms with Crippen molar-refractivity contribution in [1.29, 1.82) is 0 Å². The summed E-state index contributed by atoms with van der Waals surface area (Å²) in [5, 5.41) is 19.2. The first-order valence-electron chi connectivity index (χ1n) is 9.77. The molecule has 2 N–H and O–H groups in total. The Bertz CT molecular complexity index is 868. The van der Waals surface area contributed by atoms with E-state index in [4.69, 9.17) is 13.8 Å². The number of benzene rings is 1. The number of rotatable bonds is 9. The monoisotopic (exact) mass is 394 g/mol. The summed E-state index contributed by atoms with van der Waals surface area (Å²) in [5.41, 5.74) is 4.04. The average molecular weight is 394 g/mol. The second kappa shape index (κ2) is 10.4. The van der Waals surface area contributed by atoms with Crippen LogP contribution in [0.25, 0.3) is 11.6 Å². The summed E-state index contributed by atoms with van der Waals surface area (Å²) in [6.07, 6.45) is 5.58. The molecule has 0 amide bonds. The minimum atomic E-state index is -0.805. The molecule has 1 aromatic heterocycles. The molecule has 1 atom stereocenters. The molecule has 0 spiro atoms. The van der Waals surface area contributed by atoms with Crippen molar-refractivity contribution in [3.05, 3.63) is 83.3 Å². The van der Waals surface area contributed by atoms with Crippen LogP contribution in [0, 0.1) is 0 Å². The number of aliphatic hydroxyl groups excluding tert-OH is 1. The maximum absolute atomic E-state index is 9.98. The first-order chi connectivity index (χ1) is 14.1. The first kappa shape index (κ1) is 21.3. The van der Waals surface area contributed by atoms with E-state index in [0.29, 0.717) is 37.3 Å². The van der Waals surface area contributed by atoms with Gasteiger partial charge in [0.25, 0.3) is 0 Å². The van der Waals surface area contributed by atoms with Crippen molar-refractivity contribution in [3.8, 4) is 0 Å². The van der Waals surface area contributed by atoms with Crippen molar-refractivity contribution < 1.29 is 23.9 Å². The lowest BCUT2D eigenvalue weighted by atomic mass is 9.78. The van der Waals surface area contributed by atoms with Gasteiger partial charge in [-0.2, -0.15) is 0 Å². The predicted octanol–water partition coefficient (Wildman–Crippen LogP) is 4.10. The third kappa shape index (κ3) is 5.81. The van der Waals surface area contributed by atoms with Gasteiger partial charge in [0, 0.05) is 13.4 Å². The van der Waals surface area contributed by atoms with Gasteiger partial charge in [0.2, 0.25) is 0 Å². The van der Waals surface area contributed by atoms with Crippen molar-refractivity contribution in [3.63, 3.8) is 0 Å². The standard InChI is InChI=1S/C23H27BO5/c1-17(16-27-2)22-12-13-24(26)29-23(22)11-8-19(18-6-4-3-5-7-18)14-20-9-10-21(15-25)28-20/h3-7,9-10,12,14,23,25-26H,1,8,11,13,15-16H2,2H3/b19-14-. The Labute approximate surface area is 172 Å². The number of hydrogen-bond donors (Lipinski definition) is 2. The van der Waals surface area contributed by atoms with Gasteiger partial charge in [0.05, 0.1) is 12.7 Å². The summed E-state index contributed by atoms with van der Waals surface area (Å²) in [4.78, 5) is 0. The Morgan fingerprint density at radius 1 is 1.28 bits per heavy atom. The van der Waals surface area contributed by atoms with Crippen LogP contribution >= 0.6 is 0 Å². The van der Waals surface area contributed by atoms with Gasteiger partial charge in [-0.1, -0.05) is 43.0 Å². The van der Waals surface area contributed by atoms with E-state index in [1.165, 1.54) is 0 Å². The van der Waals surface area contributed by atoms with Crippen LogP contribution in [0.5, 0.6) is 0 Å². The van der Waals surface area contributed by atoms with Gasteiger partial charge in [0.1, 0.15) is 18.1 Å². The fraction of sp³-hybridized carbons (Fsp3) is 0.304. The topological polar surface area (TPSA) is 72.1 Å². The number of hydrogen-bond acceptors (Lipinski definition) is 5. The highest BCUT2D eigenvalue weighted by Crippen LogP contribution is 2.31. The third-order valence-corrected chi connectivity index (χ3v) is 4.91. The Morgan fingerprint density at radius 2 is 2.07 bits per heavy atom. The maximum Gasteiger partial charge on any atom is 0.458 e. The second-order valence-corrected chi connectivity index (χ2v) is 7.05. The number of ether oxygens (including phenoxy) is 1. The van der Waals surface area contributed by atoms with Gasteiger partial charge in [0.15, 0.2) is 0 Å². The lowest BCUT2D eigenvalue weighted by Gasteiger charge is -2.28. The quantitative estimate of drug-likeness (QED) is 0.627. The molecule has 1 aromatic carbocycles. The van der Waals surface area contributed by atoms with Crippen LogP contribution in [0.4, 0.5) is 0 Å². The zero-order valence-electron chi connectivity index (χ0n) is 16.7. The van der Waals surface area contributed by atoms with Crippen molar-refractivity contribution in [2.75, 3.05) is 13.7 Å². The minimum Gasteiger partial charge on any atom is -0.459 e. The van der Waals surface area contributed by atoms with Crippen LogP contribution in [0.3, 0.4) is 0 Å². The lowest BCUT2D eigenvalue weighted by Crippen LogP contribution is -2.32. The van der Waals surface area contributed by atoms with Crippen LogP contribution < -0.4 is 0 Å². The molecule has 1 unspecified atom stereocenters. The molecule has 1 aliphatic heterocycles. The highest BCUT2D eigenvalue weighted by Gasteiger charge is 2.28. The average Bonchev–Trinajstić information content (AvgIpc) is 3.19. The molecule has 152 valence electrons. The van der Waals surface area contributed by atoms with Gasteiger partial charge in [-0.05, 0) is 53.3 Å². The summed E-state index contributed by atoms with van der Waals surface area (Å²) in [7, 11) is 0.833. The molecule has 0 fully saturated rings. The van der Waals surface area contributed by atoms with E-state index in [1.54, 1.807) is 13.2 Å². The van der Waals surface area contributed by atoms with Gasteiger partial charge >= 0.3 is 7.12 Å². The zero-order chi connectivity index (χ0) is 20.6. The first-order valence-corrected chi connectivity index (χ1v) is 9.77. The normalized spacial score (nSPS) is 17.3. The minimum absolute atomic E-state index is 0.127. The number of aliphatic hydroxyl groups is 1. The molecule has 2 heterocycles. The molecular formula is C23H27BO5.